The van der Waals surface area contributed by atoms with Gasteiger partial charge in [-0.2, -0.15) is 5.26 Å². The molecular formula is C16H15FN2O2. The fourth-order valence-electron chi connectivity index (χ4n) is 1.84. The second-order valence-electron chi connectivity index (χ2n) is 4.35. The smallest absolute Gasteiger partial charge is 0.184 e. The zero-order valence-corrected chi connectivity index (χ0v) is 11.6. The Balaban J connectivity index is 2.22. The molecule has 108 valence electrons. The van der Waals surface area contributed by atoms with E-state index in [9.17, 15) is 4.39 Å². The van der Waals surface area contributed by atoms with Gasteiger partial charge in [0.05, 0.1) is 23.9 Å². The third-order valence-electron chi connectivity index (χ3n) is 2.81. The van der Waals surface area contributed by atoms with Gasteiger partial charge in [-0.05, 0) is 30.7 Å². The van der Waals surface area contributed by atoms with Crippen molar-refractivity contribution in [3.63, 3.8) is 0 Å². The predicted octanol–water partition coefficient (Wildman–Crippen LogP) is 3.26. The molecular weight excluding hydrogens is 271 g/mol. The van der Waals surface area contributed by atoms with Gasteiger partial charge in [0.25, 0.3) is 0 Å². The third kappa shape index (κ3) is 3.63. The van der Waals surface area contributed by atoms with Crippen LogP contribution < -0.4 is 15.2 Å². The molecule has 0 saturated heterocycles. The number of rotatable bonds is 5. The van der Waals surface area contributed by atoms with Crippen molar-refractivity contribution >= 4 is 5.69 Å². The second-order valence-corrected chi connectivity index (χ2v) is 4.35. The molecule has 2 rings (SSSR count). The van der Waals surface area contributed by atoms with Crippen LogP contribution in [-0.4, -0.2) is 6.61 Å². The van der Waals surface area contributed by atoms with Crippen LogP contribution in [0.2, 0.25) is 0 Å². The standard InChI is InChI=1S/C16H15FN2O2/c1-2-20-15-8-12(9-18)7-14(19)16(15)21-10-11-3-5-13(17)6-4-11/h3-8H,2,10,19H2,1H3. The van der Waals surface area contributed by atoms with Gasteiger partial charge >= 0.3 is 0 Å². The molecule has 0 atom stereocenters. The first kappa shape index (κ1) is 14.7. The van der Waals surface area contributed by atoms with E-state index >= 15 is 0 Å². The topological polar surface area (TPSA) is 68.3 Å². The minimum atomic E-state index is -0.299. The second kappa shape index (κ2) is 6.62. The van der Waals surface area contributed by atoms with Crippen molar-refractivity contribution < 1.29 is 13.9 Å². The average Bonchev–Trinajstić information content (AvgIpc) is 2.48. The highest BCUT2D eigenvalue weighted by Gasteiger charge is 2.12. The van der Waals surface area contributed by atoms with Gasteiger partial charge in [0.2, 0.25) is 0 Å². The SMILES string of the molecule is CCOc1cc(C#N)cc(N)c1OCc1ccc(F)cc1. The molecule has 5 heteroatoms. The highest BCUT2D eigenvalue weighted by atomic mass is 19.1. The Labute approximate surface area is 122 Å². The molecule has 2 aromatic rings. The summed E-state index contributed by atoms with van der Waals surface area (Å²) >= 11 is 0. The van der Waals surface area contributed by atoms with Gasteiger partial charge in [0.1, 0.15) is 12.4 Å². The Hall–Kier alpha value is -2.74. The van der Waals surface area contributed by atoms with Crippen molar-refractivity contribution in [2.24, 2.45) is 0 Å². The number of nitrogens with two attached hydrogens (primary N) is 1. The van der Waals surface area contributed by atoms with E-state index in [0.717, 1.165) is 5.56 Å². The van der Waals surface area contributed by atoms with Crippen LogP contribution in [0.3, 0.4) is 0 Å². The van der Waals surface area contributed by atoms with E-state index in [0.29, 0.717) is 29.4 Å². The van der Waals surface area contributed by atoms with E-state index in [2.05, 4.69) is 0 Å². The minimum Gasteiger partial charge on any atom is -0.490 e. The maximum atomic E-state index is 12.9. The van der Waals surface area contributed by atoms with Crippen molar-refractivity contribution in [2.45, 2.75) is 13.5 Å². The van der Waals surface area contributed by atoms with E-state index in [-0.39, 0.29) is 12.4 Å². The van der Waals surface area contributed by atoms with Gasteiger partial charge in [0, 0.05) is 6.07 Å². The van der Waals surface area contributed by atoms with Crippen molar-refractivity contribution in [1.82, 2.24) is 0 Å². The fraction of sp³-hybridized carbons (Fsp3) is 0.188. The zero-order valence-electron chi connectivity index (χ0n) is 11.6. The molecule has 2 aromatic carbocycles. The van der Waals surface area contributed by atoms with Gasteiger partial charge in [-0.1, -0.05) is 12.1 Å². The molecule has 0 unspecified atom stereocenters. The summed E-state index contributed by atoms with van der Waals surface area (Å²) in [4.78, 5) is 0. The van der Waals surface area contributed by atoms with Gasteiger partial charge in [-0.3, -0.25) is 0 Å². The normalized spacial score (nSPS) is 9.95. The van der Waals surface area contributed by atoms with Crippen LogP contribution in [0.4, 0.5) is 10.1 Å². The third-order valence-corrected chi connectivity index (χ3v) is 2.81. The summed E-state index contributed by atoms with van der Waals surface area (Å²) in [7, 11) is 0. The summed E-state index contributed by atoms with van der Waals surface area (Å²) < 4.78 is 24.0. The van der Waals surface area contributed by atoms with Gasteiger partial charge in [0.15, 0.2) is 11.5 Å². The number of halogens is 1. The summed E-state index contributed by atoms with van der Waals surface area (Å²) in [5.41, 5.74) is 7.45. The number of hydrogen-bond donors (Lipinski definition) is 1. The average molecular weight is 286 g/mol. The quantitative estimate of drug-likeness (QED) is 0.857. The van der Waals surface area contributed by atoms with Crippen LogP contribution in [0.5, 0.6) is 11.5 Å². The molecule has 0 fully saturated rings. The van der Waals surface area contributed by atoms with Gasteiger partial charge in [-0.15, -0.1) is 0 Å². The number of anilines is 1. The molecule has 0 radical (unpaired) electrons. The van der Waals surface area contributed by atoms with Crippen molar-refractivity contribution in [3.05, 3.63) is 53.3 Å². The molecule has 0 heterocycles. The first-order valence-corrected chi connectivity index (χ1v) is 6.47. The Morgan fingerprint density at radius 3 is 2.52 bits per heavy atom. The monoisotopic (exact) mass is 286 g/mol. The molecule has 0 amide bonds. The first-order valence-electron chi connectivity index (χ1n) is 6.47. The predicted molar refractivity (Wildman–Crippen MR) is 77.5 cm³/mol. The van der Waals surface area contributed by atoms with Crippen molar-refractivity contribution in [2.75, 3.05) is 12.3 Å². The Kier molecular flexibility index (Phi) is 4.62. The van der Waals surface area contributed by atoms with E-state index in [1.807, 2.05) is 13.0 Å². The van der Waals surface area contributed by atoms with Crippen molar-refractivity contribution in [3.8, 4) is 17.6 Å². The molecule has 4 nitrogen and oxygen atoms in total. The summed E-state index contributed by atoms with van der Waals surface area (Å²) in [5, 5.41) is 8.94. The lowest BCUT2D eigenvalue weighted by Crippen LogP contribution is -2.03. The zero-order chi connectivity index (χ0) is 15.2. The van der Waals surface area contributed by atoms with Gasteiger partial charge < -0.3 is 15.2 Å². The maximum Gasteiger partial charge on any atom is 0.184 e. The molecule has 0 saturated carbocycles. The molecule has 0 aliphatic rings. The molecule has 0 spiro atoms. The van der Waals surface area contributed by atoms with Crippen LogP contribution in [0, 0.1) is 17.1 Å². The summed E-state index contributed by atoms with van der Waals surface area (Å²) in [6.45, 7) is 2.50. The lowest BCUT2D eigenvalue weighted by Gasteiger charge is -2.14. The molecule has 0 aliphatic carbocycles. The van der Waals surface area contributed by atoms with Crippen LogP contribution in [-0.2, 0) is 6.61 Å². The Bertz CT molecular complexity index is 663. The first-order chi connectivity index (χ1) is 10.1. The van der Waals surface area contributed by atoms with E-state index in [1.165, 1.54) is 18.2 Å². The molecule has 0 aromatic heterocycles. The number of benzene rings is 2. The van der Waals surface area contributed by atoms with E-state index in [1.54, 1.807) is 18.2 Å². The Morgan fingerprint density at radius 2 is 1.90 bits per heavy atom. The largest absolute Gasteiger partial charge is 0.490 e. The maximum absolute atomic E-state index is 12.9. The summed E-state index contributed by atoms with van der Waals surface area (Å²) in [6.07, 6.45) is 0. The fourth-order valence-corrected chi connectivity index (χ4v) is 1.84. The molecule has 0 bridgehead atoms. The summed E-state index contributed by atoms with van der Waals surface area (Å²) in [6, 6.07) is 11.1. The number of nitrogen functional groups attached to an aromatic ring is 1. The number of hydrogen-bond acceptors (Lipinski definition) is 4. The van der Waals surface area contributed by atoms with Crippen LogP contribution in [0.1, 0.15) is 18.1 Å². The van der Waals surface area contributed by atoms with E-state index in [4.69, 9.17) is 20.5 Å². The highest BCUT2D eigenvalue weighted by Crippen LogP contribution is 2.35. The number of nitrogens with zero attached hydrogens (tertiary/aromatic N) is 1. The van der Waals surface area contributed by atoms with E-state index < -0.39 is 0 Å². The lowest BCUT2D eigenvalue weighted by molar-refractivity contribution is 0.270. The molecule has 2 N–H and O–H groups in total. The van der Waals surface area contributed by atoms with Crippen LogP contribution in [0.15, 0.2) is 36.4 Å². The molecule has 0 aliphatic heterocycles. The van der Waals surface area contributed by atoms with Crippen LogP contribution in [0.25, 0.3) is 0 Å². The van der Waals surface area contributed by atoms with Gasteiger partial charge in [-0.25, -0.2) is 4.39 Å². The van der Waals surface area contributed by atoms with Crippen molar-refractivity contribution in [1.29, 1.82) is 5.26 Å². The minimum absolute atomic E-state index is 0.233. The number of ether oxygens (including phenoxy) is 2. The van der Waals surface area contributed by atoms with Crippen LogP contribution >= 0.6 is 0 Å². The number of nitriles is 1. The highest BCUT2D eigenvalue weighted by molar-refractivity contribution is 5.64. The molecule has 21 heavy (non-hydrogen) atoms. The summed E-state index contributed by atoms with van der Waals surface area (Å²) in [5.74, 6) is 0.517. The lowest BCUT2D eigenvalue weighted by atomic mass is 10.2. The Morgan fingerprint density at radius 1 is 1.19 bits per heavy atom.